The molecular weight excluding hydrogens is 448 g/mol. The number of benzene rings is 2. The second-order valence-corrected chi connectivity index (χ2v) is 11.0. The summed E-state index contributed by atoms with van der Waals surface area (Å²) in [5.74, 6) is 0.776. The number of anilines is 2. The van der Waals surface area contributed by atoms with E-state index in [1.54, 1.807) is 37.3 Å². The first kappa shape index (κ1) is 21.9. The Kier molecular flexibility index (Phi) is 6.25. The lowest BCUT2D eigenvalue weighted by molar-refractivity contribution is 0.415. The number of hydrogen-bond acceptors (Lipinski definition) is 7. The van der Waals surface area contributed by atoms with E-state index in [1.807, 2.05) is 0 Å². The van der Waals surface area contributed by atoms with Crippen LogP contribution in [0.3, 0.4) is 0 Å². The molecular formula is C19H20N2O6S3. The Morgan fingerprint density at radius 3 is 2.07 bits per heavy atom. The van der Waals surface area contributed by atoms with E-state index in [9.17, 15) is 16.8 Å². The number of aryl methyl sites for hydroxylation is 1. The molecule has 0 unspecified atom stereocenters. The van der Waals surface area contributed by atoms with Crippen molar-refractivity contribution in [2.24, 2.45) is 0 Å². The average molecular weight is 469 g/mol. The first-order valence-corrected chi connectivity index (χ1v) is 12.4. The predicted octanol–water partition coefficient (Wildman–Crippen LogP) is 3.68. The van der Waals surface area contributed by atoms with Crippen LogP contribution in [-0.2, 0) is 20.0 Å². The molecule has 8 nitrogen and oxygen atoms in total. The molecule has 0 fully saturated rings. The van der Waals surface area contributed by atoms with Crippen LogP contribution in [0.15, 0.2) is 63.7 Å². The van der Waals surface area contributed by atoms with E-state index in [-0.39, 0.29) is 20.5 Å². The smallest absolute Gasteiger partial charge is 0.271 e. The van der Waals surface area contributed by atoms with Crippen molar-refractivity contribution in [1.29, 1.82) is 0 Å². The van der Waals surface area contributed by atoms with Crippen molar-refractivity contribution in [3.63, 3.8) is 0 Å². The van der Waals surface area contributed by atoms with Crippen molar-refractivity contribution in [2.45, 2.75) is 16.0 Å². The van der Waals surface area contributed by atoms with Gasteiger partial charge in [-0.3, -0.25) is 9.44 Å². The Hall–Kier alpha value is -2.76. The van der Waals surface area contributed by atoms with E-state index in [0.717, 1.165) is 16.2 Å². The van der Waals surface area contributed by atoms with Gasteiger partial charge in [0.15, 0.2) is 0 Å². The van der Waals surface area contributed by atoms with Gasteiger partial charge in [-0.25, -0.2) is 16.8 Å². The lowest BCUT2D eigenvalue weighted by Gasteiger charge is -2.14. The highest BCUT2D eigenvalue weighted by atomic mass is 32.2. The zero-order valence-electron chi connectivity index (χ0n) is 16.4. The quantitative estimate of drug-likeness (QED) is 0.522. The maximum Gasteiger partial charge on any atom is 0.271 e. The van der Waals surface area contributed by atoms with Gasteiger partial charge >= 0.3 is 0 Å². The van der Waals surface area contributed by atoms with Crippen LogP contribution in [0.25, 0.3) is 0 Å². The Balaban J connectivity index is 1.92. The molecule has 0 atom stereocenters. The average Bonchev–Trinajstić information content (AvgIpc) is 3.15. The lowest BCUT2D eigenvalue weighted by Crippen LogP contribution is -2.15. The van der Waals surface area contributed by atoms with Crippen molar-refractivity contribution in [3.8, 4) is 11.5 Å². The molecule has 2 aromatic carbocycles. The highest BCUT2D eigenvalue weighted by Gasteiger charge is 2.22. The normalized spacial score (nSPS) is 11.7. The third-order valence-electron chi connectivity index (χ3n) is 4.05. The van der Waals surface area contributed by atoms with Gasteiger partial charge in [0.25, 0.3) is 20.0 Å². The van der Waals surface area contributed by atoms with E-state index in [4.69, 9.17) is 9.47 Å². The molecule has 0 saturated heterocycles. The molecule has 3 rings (SSSR count). The summed E-state index contributed by atoms with van der Waals surface area (Å²) in [6.07, 6.45) is 0. The molecule has 30 heavy (non-hydrogen) atoms. The molecule has 0 spiro atoms. The zero-order valence-corrected chi connectivity index (χ0v) is 18.8. The van der Waals surface area contributed by atoms with Gasteiger partial charge in [0.1, 0.15) is 15.7 Å². The molecule has 0 aliphatic rings. The Morgan fingerprint density at radius 1 is 0.800 bits per heavy atom. The molecule has 0 aliphatic carbocycles. The van der Waals surface area contributed by atoms with E-state index in [1.165, 1.54) is 38.5 Å². The summed E-state index contributed by atoms with van der Waals surface area (Å²) in [5.41, 5.74) is 0.351. The molecule has 11 heteroatoms. The third-order valence-corrected chi connectivity index (χ3v) is 8.29. The van der Waals surface area contributed by atoms with Crippen LogP contribution in [0, 0.1) is 6.92 Å². The second-order valence-electron chi connectivity index (χ2n) is 6.17. The van der Waals surface area contributed by atoms with Crippen molar-refractivity contribution in [1.82, 2.24) is 0 Å². The van der Waals surface area contributed by atoms with E-state index in [0.29, 0.717) is 11.4 Å². The van der Waals surface area contributed by atoms with Gasteiger partial charge in [-0.05, 0) is 61.5 Å². The predicted molar refractivity (Wildman–Crippen MR) is 117 cm³/mol. The van der Waals surface area contributed by atoms with Crippen LogP contribution in [0.4, 0.5) is 11.4 Å². The van der Waals surface area contributed by atoms with Gasteiger partial charge in [0.05, 0.1) is 24.8 Å². The number of methoxy groups -OCH3 is 2. The third kappa shape index (κ3) is 4.86. The Bertz CT molecular complexity index is 1250. The molecule has 1 aromatic heterocycles. The van der Waals surface area contributed by atoms with Gasteiger partial charge in [-0.15, -0.1) is 11.3 Å². The maximum absolute atomic E-state index is 12.8. The summed E-state index contributed by atoms with van der Waals surface area (Å²) in [7, 11) is -4.99. The Labute approximate surface area is 179 Å². The summed E-state index contributed by atoms with van der Waals surface area (Å²) in [6, 6.07) is 13.5. The van der Waals surface area contributed by atoms with Crippen molar-refractivity contribution in [2.75, 3.05) is 23.7 Å². The summed E-state index contributed by atoms with van der Waals surface area (Å²) in [4.78, 5) is 0.710. The van der Waals surface area contributed by atoms with Crippen LogP contribution in [0.2, 0.25) is 0 Å². The number of sulfonamides is 2. The van der Waals surface area contributed by atoms with Crippen LogP contribution in [0.1, 0.15) is 4.88 Å². The summed E-state index contributed by atoms with van der Waals surface area (Å²) < 4.78 is 66.1. The number of ether oxygens (including phenoxy) is 2. The van der Waals surface area contributed by atoms with Gasteiger partial charge in [0, 0.05) is 10.6 Å². The lowest BCUT2D eigenvalue weighted by atomic mass is 10.3. The largest absolute Gasteiger partial charge is 0.497 e. The maximum atomic E-state index is 12.8. The van der Waals surface area contributed by atoms with E-state index < -0.39 is 20.0 Å². The number of rotatable bonds is 8. The van der Waals surface area contributed by atoms with Gasteiger partial charge in [0.2, 0.25) is 0 Å². The van der Waals surface area contributed by atoms with Crippen molar-refractivity contribution >= 4 is 42.8 Å². The summed E-state index contributed by atoms with van der Waals surface area (Å²) in [5, 5.41) is 0. The second kappa shape index (κ2) is 8.54. The van der Waals surface area contributed by atoms with Gasteiger partial charge in [-0.2, -0.15) is 0 Å². The number of nitrogens with one attached hydrogen (secondary N) is 2. The molecule has 160 valence electrons. The first-order chi connectivity index (χ1) is 14.1. The van der Waals surface area contributed by atoms with Crippen LogP contribution < -0.4 is 18.9 Å². The van der Waals surface area contributed by atoms with E-state index >= 15 is 0 Å². The molecule has 0 saturated carbocycles. The monoisotopic (exact) mass is 468 g/mol. The highest BCUT2D eigenvalue weighted by molar-refractivity contribution is 7.94. The first-order valence-electron chi connectivity index (χ1n) is 8.59. The topological polar surface area (TPSA) is 111 Å². The fraction of sp³-hybridized carbons (Fsp3) is 0.158. The van der Waals surface area contributed by atoms with Crippen LogP contribution in [0.5, 0.6) is 11.5 Å². The van der Waals surface area contributed by atoms with Crippen molar-refractivity contribution in [3.05, 3.63) is 59.5 Å². The van der Waals surface area contributed by atoms with Crippen LogP contribution in [-0.4, -0.2) is 31.1 Å². The molecule has 0 amide bonds. The Morgan fingerprint density at radius 2 is 1.50 bits per heavy atom. The summed E-state index contributed by atoms with van der Waals surface area (Å²) >= 11 is 1.11. The zero-order chi connectivity index (χ0) is 21.9. The highest BCUT2D eigenvalue weighted by Crippen LogP contribution is 2.32. The molecule has 0 bridgehead atoms. The van der Waals surface area contributed by atoms with Crippen LogP contribution >= 0.6 is 11.3 Å². The fourth-order valence-electron chi connectivity index (χ4n) is 2.56. The molecule has 3 aromatic rings. The molecule has 1 heterocycles. The summed E-state index contributed by atoms with van der Waals surface area (Å²) in [6.45, 7) is 1.79. The van der Waals surface area contributed by atoms with E-state index in [2.05, 4.69) is 9.44 Å². The minimum Gasteiger partial charge on any atom is -0.497 e. The molecule has 0 aliphatic heterocycles. The van der Waals surface area contributed by atoms with Gasteiger partial charge in [-0.1, -0.05) is 0 Å². The minimum absolute atomic E-state index is 0.0150. The van der Waals surface area contributed by atoms with Gasteiger partial charge < -0.3 is 9.47 Å². The fourth-order valence-corrected chi connectivity index (χ4v) is 5.99. The number of thiophene rings is 1. The molecule has 0 radical (unpaired) electrons. The minimum atomic E-state index is -3.98. The van der Waals surface area contributed by atoms with Crippen molar-refractivity contribution < 1.29 is 26.3 Å². The number of hydrogen-bond donors (Lipinski definition) is 2. The SMILES string of the molecule is COc1ccc(NS(=O)(=O)c2ccc(OC)c(NS(=O)(=O)c3ccc(C)s3)c2)cc1. The molecule has 2 N–H and O–H groups in total. The standard InChI is InChI=1S/C19H20N2O6S3/c1-13-4-11-19(28-13)30(24,25)21-17-12-16(9-10-18(17)27-3)29(22,23)20-14-5-7-15(26-2)8-6-14/h4-12,20-21H,1-3H3.